The van der Waals surface area contributed by atoms with Crippen molar-refractivity contribution in [3.8, 4) is 0 Å². The van der Waals surface area contributed by atoms with Crippen molar-refractivity contribution in [3.63, 3.8) is 0 Å². The molecule has 0 aliphatic rings. The SMILES string of the molecule is CN(C)c1c([N+](=O)[O-])ccn1CCN(Cc1ccc(Cl)cc1)Cc1ccc(Cl)nc1. The lowest BCUT2D eigenvalue weighted by Gasteiger charge is -2.24. The van der Waals surface area contributed by atoms with Gasteiger partial charge in [-0.05, 0) is 29.3 Å². The number of aromatic nitrogens is 2. The maximum Gasteiger partial charge on any atom is 0.311 e. The molecule has 0 aliphatic carbocycles. The van der Waals surface area contributed by atoms with E-state index in [1.807, 2.05) is 49.0 Å². The molecule has 0 bridgehead atoms. The highest BCUT2D eigenvalue weighted by molar-refractivity contribution is 6.30. The number of halogens is 2. The molecule has 2 aromatic heterocycles. The van der Waals surface area contributed by atoms with E-state index in [0.29, 0.717) is 42.2 Å². The number of rotatable bonds is 9. The number of benzene rings is 1. The molecule has 0 N–H and O–H groups in total. The van der Waals surface area contributed by atoms with Gasteiger partial charge in [0.1, 0.15) is 5.15 Å². The molecule has 0 atom stereocenters. The van der Waals surface area contributed by atoms with Gasteiger partial charge in [0.05, 0.1) is 4.92 Å². The molecule has 1 aromatic carbocycles. The van der Waals surface area contributed by atoms with Crippen LogP contribution in [0.15, 0.2) is 54.9 Å². The highest BCUT2D eigenvalue weighted by atomic mass is 35.5. The smallest absolute Gasteiger partial charge is 0.311 e. The number of nitro groups is 1. The van der Waals surface area contributed by atoms with Gasteiger partial charge in [-0.25, -0.2) is 4.98 Å². The molecule has 7 nitrogen and oxygen atoms in total. The molecule has 3 aromatic rings. The van der Waals surface area contributed by atoms with E-state index < -0.39 is 0 Å². The normalized spacial score (nSPS) is 11.1. The number of anilines is 1. The molecule has 0 unspecified atom stereocenters. The van der Waals surface area contributed by atoms with E-state index in [-0.39, 0.29) is 10.6 Å². The van der Waals surface area contributed by atoms with Crippen molar-refractivity contribution in [1.82, 2.24) is 14.5 Å². The van der Waals surface area contributed by atoms with Crippen LogP contribution < -0.4 is 4.90 Å². The van der Waals surface area contributed by atoms with Crippen LogP contribution in [0.3, 0.4) is 0 Å². The zero-order chi connectivity index (χ0) is 21.7. The van der Waals surface area contributed by atoms with E-state index >= 15 is 0 Å². The Morgan fingerprint density at radius 1 is 1.03 bits per heavy atom. The Hall–Kier alpha value is -2.61. The summed E-state index contributed by atoms with van der Waals surface area (Å²) < 4.78 is 1.91. The van der Waals surface area contributed by atoms with Gasteiger partial charge < -0.3 is 9.47 Å². The van der Waals surface area contributed by atoms with E-state index in [1.165, 1.54) is 0 Å². The van der Waals surface area contributed by atoms with Crippen LogP contribution in [-0.2, 0) is 19.6 Å². The quantitative estimate of drug-likeness (QED) is 0.266. The minimum Gasteiger partial charge on any atom is -0.358 e. The minimum atomic E-state index is -0.351. The number of pyridine rings is 1. The number of hydrogen-bond donors (Lipinski definition) is 0. The Morgan fingerprint density at radius 2 is 1.70 bits per heavy atom. The Balaban J connectivity index is 1.79. The molecule has 0 aliphatic heterocycles. The summed E-state index contributed by atoms with van der Waals surface area (Å²) in [5, 5.41) is 12.5. The molecular weight excluding hydrogens is 425 g/mol. The highest BCUT2D eigenvalue weighted by Gasteiger charge is 2.21. The maximum absolute atomic E-state index is 11.3. The fraction of sp³-hybridized carbons (Fsp3) is 0.286. The third kappa shape index (κ3) is 5.72. The average molecular weight is 448 g/mol. The topological polar surface area (TPSA) is 67.4 Å². The van der Waals surface area contributed by atoms with E-state index in [9.17, 15) is 10.1 Å². The Morgan fingerprint density at radius 3 is 2.30 bits per heavy atom. The summed E-state index contributed by atoms with van der Waals surface area (Å²) in [5.41, 5.74) is 2.28. The molecule has 0 fully saturated rings. The van der Waals surface area contributed by atoms with Gasteiger partial charge in [-0.2, -0.15) is 0 Å². The van der Waals surface area contributed by atoms with Gasteiger partial charge in [0.15, 0.2) is 5.82 Å². The van der Waals surface area contributed by atoms with Gasteiger partial charge in [0.2, 0.25) is 0 Å². The Kier molecular flexibility index (Phi) is 7.31. The van der Waals surface area contributed by atoms with Gasteiger partial charge in [-0.3, -0.25) is 15.0 Å². The van der Waals surface area contributed by atoms with Gasteiger partial charge >= 0.3 is 5.69 Å². The van der Waals surface area contributed by atoms with Crippen LogP contribution in [-0.4, -0.2) is 40.0 Å². The van der Waals surface area contributed by atoms with Gasteiger partial charge in [-0.1, -0.05) is 41.4 Å². The van der Waals surface area contributed by atoms with Gasteiger partial charge in [0.25, 0.3) is 0 Å². The molecule has 2 heterocycles. The summed E-state index contributed by atoms with van der Waals surface area (Å²) in [6.45, 7) is 2.68. The fourth-order valence-corrected chi connectivity index (χ4v) is 3.57. The standard InChI is InChI=1S/C21H23Cl2N5O2/c1-25(2)21-19(28(29)30)9-10-27(21)12-11-26(14-16-3-6-18(22)7-4-16)15-17-5-8-20(23)24-13-17/h3-10,13H,11-12,14-15H2,1-2H3. The van der Waals surface area contributed by atoms with E-state index in [2.05, 4.69) is 9.88 Å². The van der Waals surface area contributed by atoms with E-state index in [4.69, 9.17) is 23.2 Å². The molecule has 0 amide bonds. The zero-order valence-electron chi connectivity index (χ0n) is 16.8. The van der Waals surface area contributed by atoms with E-state index in [0.717, 1.165) is 11.1 Å². The van der Waals surface area contributed by atoms with Crippen LogP contribution in [0.4, 0.5) is 11.5 Å². The molecule has 0 saturated heterocycles. The van der Waals surface area contributed by atoms with Crippen molar-refractivity contribution in [2.24, 2.45) is 0 Å². The third-order valence-electron chi connectivity index (χ3n) is 4.71. The summed E-state index contributed by atoms with van der Waals surface area (Å²) in [7, 11) is 3.62. The molecule has 9 heteroatoms. The van der Waals surface area contributed by atoms with Crippen LogP contribution in [0.5, 0.6) is 0 Å². The fourth-order valence-electron chi connectivity index (χ4n) is 3.33. The number of nitrogens with zero attached hydrogens (tertiary/aromatic N) is 5. The lowest BCUT2D eigenvalue weighted by Crippen LogP contribution is -2.28. The highest BCUT2D eigenvalue weighted by Crippen LogP contribution is 2.28. The van der Waals surface area contributed by atoms with Crippen LogP contribution in [0.1, 0.15) is 11.1 Å². The maximum atomic E-state index is 11.3. The summed E-state index contributed by atoms with van der Waals surface area (Å²) in [6.07, 6.45) is 3.53. The molecule has 3 rings (SSSR count). The Bertz CT molecular complexity index is 940. The molecule has 158 valence electrons. The van der Waals surface area contributed by atoms with Crippen molar-refractivity contribution in [2.75, 3.05) is 25.5 Å². The molecule has 0 spiro atoms. The van der Waals surface area contributed by atoms with Gasteiger partial charge in [0, 0.05) is 63.8 Å². The first-order chi connectivity index (χ1) is 14.3. The summed E-state index contributed by atoms with van der Waals surface area (Å²) in [4.78, 5) is 19.2. The van der Waals surface area contributed by atoms with Crippen molar-refractivity contribution in [1.29, 1.82) is 0 Å². The van der Waals surface area contributed by atoms with Crippen molar-refractivity contribution < 1.29 is 4.92 Å². The summed E-state index contributed by atoms with van der Waals surface area (Å²) in [6, 6.07) is 13.0. The molecular formula is C21H23Cl2N5O2. The van der Waals surface area contributed by atoms with Crippen molar-refractivity contribution in [2.45, 2.75) is 19.6 Å². The van der Waals surface area contributed by atoms with Crippen LogP contribution >= 0.6 is 23.2 Å². The van der Waals surface area contributed by atoms with Crippen molar-refractivity contribution >= 4 is 34.7 Å². The van der Waals surface area contributed by atoms with Crippen LogP contribution in [0.2, 0.25) is 10.2 Å². The first-order valence-corrected chi connectivity index (χ1v) is 10.2. The lowest BCUT2D eigenvalue weighted by atomic mass is 10.2. The first kappa shape index (κ1) is 22.1. The second-order valence-electron chi connectivity index (χ2n) is 7.20. The van der Waals surface area contributed by atoms with Crippen LogP contribution in [0.25, 0.3) is 0 Å². The number of hydrogen-bond acceptors (Lipinski definition) is 5. The lowest BCUT2D eigenvalue weighted by molar-refractivity contribution is -0.384. The zero-order valence-corrected chi connectivity index (χ0v) is 18.3. The van der Waals surface area contributed by atoms with E-state index in [1.54, 1.807) is 29.4 Å². The summed E-state index contributed by atoms with van der Waals surface area (Å²) in [5.74, 6) is 0.583. The second-order valence-corrected chi connectivity index (χ2v) is 8.02. The predicted octanol–water partition coefficient (Wildman–Crippen LogP) is 4.87. The Labute approximate surface area is 185 Å². The second kappa shape index (κ2) is 9.93. The van der Waals surface area contributed by atoms with Crippen molar-refractivity contribution in [3.05, 3.63) is 86.3 Å². The summed E-state index contributed by atoms with van der Waals surface area (Å²) >= 11 is 11.9. The van der Waals surface area contributed by atoms with Crippen LogP contribution in [0, 0.1) is 10.1 Å². The average Bonchev–Trinajstić information content (AvgIpc) is 3.14. The third-order valence-corrected chi connectivity index (χ3v) is 5.18. The molecule has 0 radical (unpaired) electrons. The minimum absolute atomic E-state index is 0.103. The largest absolute Gasteiger partial charge is 0.358 e. The molecule has 0 saturated carbocycles. The van der Waals surface area contributed by atoms with Gasteiger partial charge in [-0.15, -0.1) is 0 Å². The predicted molar refractivity (Wildman–Crippen MR) is 120 cm³/mol. The monoisotopic (exact) mass is 447 g/mol. The molecule has 30 heavy (non-hydrogen) atoms. The first-order valence-electron chi connectivity index (χ1n) is 9.41.